The Morgan fingerprint density at radius 1 is 0.909 bits per heavy atom. The van der Waals surface area contributed by atoms with Gasteiger partial charge in [0.15, 0.2) is 0 Å². The molecule has 1 aromatic heterocycles. The van der Waals surface area contributed by atoms with Crippen molar-refractivity contribution < 1.29 is 4.74 Å². The molecule has 112 valence electrons. The van der Waals surface area contributed by atoms with Gasteiger partial charge in [-0.05, 0) is 62.2 Å². The molecule has 0 bridgehead atoms. The van der Waals surface area contributed by atoms with Crippen molar-refractivity contribution >= 4 is 22.3 Å². The second-order valence-corrected chi connectivity index (χ2v) is 5.70. The van der Waals surface area contributed by atoms with Crippen LogP contribution in [0, 0.1) is 20.8 Å². The lowest BCUT2D eigenvalue weighted by atomic mass is 10.1. The van der Waals surface area contributed by atoms with E-state index in [9.17, 15) is 0 Å². The molecule has 3 nitrogen and oxygen atoms in total. The molecule has 1 heterocycles. The number of rotatable bonds is 3. The SMILES string of the molecule is COc1ccc2c(Nc3cc(C)cc(C)c3)cc(C)nc2c1. The zero-order chi connectivity index (χ0) is 15.7. The van der Waals surface area contributed by atoms with E-state index in [0.717, 1.165) is 33.7 Å². The molecule has 0 aliphatic heterocycles. The normalized spacial score (nSPS) is 10.7. The van der Waals surface area contributed by atoms with Crippen LogP contribution in [0.25, 0.3) is 10.9 Å². The Balaban J connectivity index is 2.09. The molecule has 0 aliphatic carbocycles. The van der Waals surface area contributed by atoms with Gasteiger partial charge in [-0.1, -0.05) is 6.07 Å². The van der Waals surface area contributed by atoms with Gasteiger partial charge in [-0.25, -0.2) is 0 Å². The van der Waals surface area contributed by atoms with Gasteiger partial charge >= 0.3 is 0 Å². The fourth-order valence-electron chi connectivity index (χ4n) is 2.77. The Kier molecular flexibility index (Phi) is 3.72. The van der Waals surface area contributed by atoms with E-state index in [2.05, 4.69) is 48.4 Å². The van der Waals surface area contributed by atoms with Crippen LogP contribution in [0.1, 0.15) is 16.8 Å². The van der Waals surface area contributed by atoms with E-state index >= 15 is 0 Å². The summed E-state index contributed by atoms with van der Waals surface area (Å²) >= 11 is 0. The molecule has 22 heavy (non-hydrogen) atoms. The van der Waals surface area contributed by atoms with Crippen LogP contribution in [0.4, 0.5) is 11.4 Å². The number of anilines is 2. The molecule has 2 aromatic carbocycles. The second-order valence-electron chi connectivity index (χ2n) is 5.70. The van der Waals surface area contributed by atoms with Crippen molar-refractivity contribution in [2.24, 2.45) is 0 Å². The number of nitrogens with zero attached hydrogens (tertiary/aromatic N) is 1. The van der Waals surface area contributed by atoms with Gasteiger partial charge in [0.2, 0.25) is 0 Å². The standard InChI is InChI=1S/C19H20N2O/c1-12-7-13(2)9-15(8-12)21-18-10-14(3)20-19-11-16(22-4)5-6-17(18)19/h5-11H,1-4H3,(H,20,21). The van der Waals surface area contributed by atoms with Crippen LogP contribution in [-0.2, 0) is 0 Å². The molecule has 3 aromatic rings. The highest BCUT2D eigenvalue weighted by atomic mass is 16.5. The van der Waals surface area contributed by atoms with Crippen LogP contribution in [0.15, 0.2) is 42.5 Å². The number of aryl methyl sites for hydroxylation is 3. The molecule has 0 aliphatic rings. The highest BCUT2D eigenvalue weighted by Crippen LogP contribution is 2.29. The summed E-state index contributed by atoms with van der Waals surface area (Å²) in [5, 5.41) is 4.61. The molecule has 0 saturated carbocycles. The molecule has 1 N–H and O–H groups in total. The average Bonchev–Trinajstić information content (AvgIpc) is 2.45. The van der Waals surface area contributed by atoms with E-state index in [1.54, 1.807) is 7.11 Å². The Morgan fingerprint density at radius 3 is 2.32 bits per heavy atom. The van der Waals surface area contributed by atoms with Crippen molar-refractivity contribution in [2.45, 2.75) is 20.8 Å². The Morgan fingerprint density at radius 2 is 1.64 bits per heavy atom. The van der Waals surface area contributed by atoms with Crippen LogP contribution >= 0.6 is 0 Å². The Bertz CT molecular complexity index is 820. The highest BCUT2D eigenvalue weighted by molar-refractivity contribution is 5.94. The van der Waals surface area contributed by atoms with E-state index in [1.165, 1.54) is 11.1 Å². The first-order valence-corrected chi connectivity index (χ1v) is 7.36. The maximum atomic E-state index is 5.29. The number of hydrogen-bond acceptors (Lipinski definition) is 3. The molecular formula is C19H20N2O. The molecule has 0 amide bonds. The van der Waals surface area contributed by atoms with Crippen molar-refractivity contribution in [1.29, 1.82) is 0 Å². The van der Waals surface area contributed by atoms with E-state index < -0.39 is 0 Å². The summed E-state index contributed by atoms with van der Waals surface area (Å²) in [5.74, 6) is 0.822. The predicted molar refractivity (Wildman–Crippen MR) is 92.2 cm³/mol. The maximum absolute atomic E-state index is 5.29. The Hall–Kier alpha value is -2.55. The fraction of sp³-hybridized carbons (Fsp3) is 0.211. The van der Waals surface area contributed by atoms with Crippen molar-refractivity contribution in [3.05, 3.63) is 59.3 Å². The summed E-state index contributed by atoms with van der Waals surface area (Å²) in [6, 6.07) is 14.5. The predicted octanol–water partition coefficient (Wildman–Crippen LogP) is 4.91. The van der Waals surface area contributed by atoms with E-state index in [4.69, 9.17) is 4.74 Å². The van der Waals surface area contributed by atoms with Gasteiger partial charge in [0.25, 0.3) is 0 Å². The first-order valence-electron chi connectivity index (χ1n) is 7.36. The molecule has 3 rings (SSSR count). The second kappa shape index (κ2) is 5.68. The number of methoxy groups -OCH3 is 1. The van der Waals surface area contributed by atoms with Crippen LogP contribution in [0.2, 0.25) is 0 Å². The summed E-state index contributed by atoms with van der Waals surface area (Å²) < 4.78 is 5.29. The number of benzene rings is 2. The minimum absolute atomic E-state index is 0.822. The van der Waals surface area contributed by atoms with Crippen molar-refractivity contribution in [2.75, 3.05) is 12.4 Å². The molecule has 0 atom stereocenters. The lowest BCUT2D eigenvalue weighted by Crippen LogP contribution is -1.96. The topological polar surface area (TPSA) is 34.1 Å². The van der Waals surface area contributed by atoms with Gasteiger partial charge in [0.1, 0.15) is 5.75 Å². The number of aromatic nitrogens is 1. The first kappa shape index (κ1) is 14.4. The molecular weight excluding hydrogens is 272 g/mol. The number of hydrogen-bond donors (Lipinski definition) is 1. The van der Waals surface area contributed by atoms with Crippen molar-refractivity contribution in [3.8, 4) is 5.75 Å². The van der Waals surface area contributed by atoms with Crippen LogP contribution in [0.3, 0.4) is 0 Å². The van der Waals surface area contributed by atoms with E-state index in [-0.39, 0.29) is 0 Å². The largest absolute Gasteiger partial charge is 0.497 e. The lowest BCUT2D eigenvalue weighted by molar-refractivity contribution is 0.415. The summed E-state index contributed by atoms with van der Waals surface area (Å²) in [7, 11) is 1.67. The molecule has 0 fully saturated rings. The Labute approximate surface area is 131 Å². The fourth-order valence-corrected chi connectivity index (χ4v) is 2.77. The zero-order valence-electron chi connectivity index (χ0n) is 13.4. The summed E-state index contributed by atoms with van der Waals surface area (Å²) in [4.78, 5) is 4.60. The third kappa shape index (κ3) is 2.89. The lowest BCUT2D eigenvalue weighted by Gasteiger charge is -2.13. The number of pyridine rings is 1. The number of ether oxygens (including phenoxy) is 1. The summed E-state index contributed by atoms with van der Waals surface area (Å²) in [5.41, 5.74) is 6.58. The summed E-state index contributed by atoms with van der Waals surface area (Å²) in [6.07, 6.45) is 0. The van der Waals surface area contributed by atoms with Gasteiger partial charge in [0, 0.05) is 28.5 Å². The number of fused-ring (bicyclic) bond motifs is 1. The minimum Gasteiger partial charge on any atom is -0.497 e. The number of nitrogens with one attached hydrogen (secondary N) is 1. The van der Waals surface area contributed by atoms with E-state index in [0.29, 0.717) is 0 Å². The summed E-state index contributed by atoms with van der Waals surface area (Å²) in [6.45, 7) is 6.23. The smallest absolute Gasteiger partial charge is 0.121 e. The zero-order valence-corrected chi connectivity index (χ0v) is 13.4. The molecule has 0 unspecified atom stereocenters. The van der Waals surface area contributed by atoms with Gasteiger partial charge in [-0.3, -0.25) is 4.98 Å². The highest BCUT2D eigenvalue weighted by Gasteiger charge is 2.06. The van der Waals surface area contributed by atoms with E-state index in [1.807, 2.05) is 25.1 Å². The third-order valence-electron chi connectivity index (χ3n) is 3.65. The minimum atomic E-state index is 0.822. The first-order chi connectivity index (χ1) is 10.5. The van der Waals surface area contributed by atoms with Gasteiger partial charge in [-0.2, -0.15) is 0 Å². The molecule has 0 radical (unpaired) electrons. The molecule has 0 spiro atoms. The third-order valence-corrected chi connectivity index (χ3v) is 3.65. The van der Waals surface area contributed by atoms with Crippen LogP contribution in [-0.4, -0.2) is 12.1 Å². The van der Waals surface area contributed by atoms with Gasteiger partial charge in [-0.15, -0.1) is 0 Å². The molecule has 3 heteroatoms. The molecule has 0 saturated heterocycles. The van der Waals surface area contributed by atoms with Gasteiger partial charge < -0.3 is 10.1 Å². The maximum Gasteiger partial charge on any atom is 0.121 e. The van der Waals surface area contributed by atoms with Crippen molar-refractivity contribution in [3.63, 3.8) is 0 Å². The monoisotopic (exact) mass is 292 g/mol. The van der Waals surface area contributed by atoms with Crippen molar-refractivity contribution in [1.82, 2.24) is 4.98 Å². The van der Waals surface area contributed by atoms with Crippen LogP contribution < -0.4 is 10.1 Å². The average molecular weight is 292 g/mol. The quantitative estimate of drug-likeness (QED) is 0.744. The van der Waals surface area contributed by atoms with Crippen LogP contribution in [0.5, 0.6) is 5.75 Å². The van der Waals surface area contributed by atoms with Gasteiger partial charge in [0.05, 0.1) is 12.6 Å².